The molecule has 0 radical (unpaired) electrons. The topological polar surface area (TPSA) is 197 Å². The van der Waals surface area contributed by atoms with E-state index >= 15 is 0 Å². The molecule has 3 heterocycles. The molecule has 4 rings (SSSR count). The number of nitrogens with two attached hydrogens (primary N) is 1. The summed E-state index contributed by atoms with van der Waals surface area (Å²) >= 11 is 2.40. The molecule has 15 heteroatoms. The third-order valence-electron chi connectivity index (χ3n) is 6.22. The number of hydrogen-bond acceptors (Lipinski definition) is 11. The van der Waals surface area contributed by atoms with Crippen LogP contribution in [0.2, 0.25) is 0 Å². The van der Waals surface area contributed by atoms with Crippen LogP contribution < -0.4 is 16.4 Å². The van der Waals surface area contributed by atoms with Crippen LogP contribution >= 0.6 is 23.1 Å². The highest BCUT2D eigenvalue weighted by Crippen LogP contribution is 2.40. The quantitative estimate of drug-likeness (QED) is 0.155. The number of carboxylic acids is 2. The van der Waals surface area contributed by atoms with E-state index in [9.17, 15) is 29.4 Å². The van der Waals surface area contributed by atoms with Gasteiger partial charge in [-0.1, -0.05) is 12.1 Å². The normalized spacial score (nSPS) is 23.2. The predicted octanol–water partition coefficient (Wildman–Crippen LogP) is 0.192. The van der Waals surface area contributed by atoms with Crippen LogP contribution in [0.25, 0.3) is 0 Å². The largest absolute Gasteiger partial charge is 0.478 e. The van der Waals surface area contributed by atoms with E-state index in [-0.39, 0.29) is 35.1 Å². The lowest BCUT2D eigenvalue weighted by Crippen LogP contribution is -2.71. The number of carbonyl (C=O) groups is 4. The number of rotatable bonds is 10. The average molecular weight is 539 g/mol. The maximum Gasteiger partial charge on any atom is 0.352 e. The first-order chi connectivity index (χ1) is 17.2. The van der Waals surface area contributed by atoms with Gasteiger partial charge in [-0.15, -0.1) is 23.1 Å². The van der Waals surface area contributed by atoms with Crippen molar-refractivity contribution in [1.29, 1.82) is 0 Å². The molecular formula is C21H26N6O7S2. The Morgan fingerprint density at radius 3 is 2.64 bits per heavy atom. The van der Waals surface area contributed by atoms with Gasteiger partial charge in [0.15, 0.2) is 10.8 Å². The Hall–Kier alpha value is -3.17. The molecule has 1 aromatic rings. The molecule has 0 spiro atoms. The monoisotopic (exact) mass is 538 g/mol. The molecule has 194 valence electrons. The van der Waals surface area contributed by atoms with Crippen LogP contribution in [0.4, 0.5) is 5.13 Å². The number of amides is 2. The zero-order valence-electron chi connectivity index (χ0n) is 19.4. The van der Waals surface area contributed by atoms with Crippen LogP contribution in [0.1, 0.15) is 38.3 Å². The highest BCUT2D eigenvalue weighted by molar-refractivity contribution is 8.00. The number of anilines is 1. The molecule has 1 saturated heterocycles. The molecule has 2 aliphatic heterocycles. The fourth-order valence-electron chi connectivity index (χ4n) is 4.33. The highest BCUT2D eigenvalue weighted by Gasteiger charge is 2.54. The Morgan fingerprint density at radius 2 is 2.06 bits per heavy atom. The number of aromatic nitrogens is 1. The van der Waals surface area contributed by atoms with Gasteiger partial charge in [-0.05, 0) is 25.0 Å². The van der Waals surface area contributed by atoms with Crippen molar-refractivity contribution < 1.29 is 34.2 Å². The van der Waals surface area contributed by atoms with E-state index in [4.69, 9.17) is 10.6 Å². The number of likely N-dealkylation sites (N-methyl/N-ethyl adjacent to an activating group) is 1. The van der Waals surface area contributed by atoms with Crippen molar-refractivity contribution in [2.24, 2.45) is 5.16 Å². The minimum atomic E-state index is -1.54. The molecule has 2 amide bonds. The number of thioether (sulfide) groups is 1. The maximum absolute atomic E-state index is 13.2. The van der Waals surface area contributed by atoms with E-state index in [1.165, 1.54) is 22.0 Å². The minimum Gasteiger partial charge on any atom is -0.478 e. The molecule has 0 aromatic carbocycles. The second-order valence-electron chi connectivity index (χ2n) is 8.51. The van der Waals surface area contributed by atoms with Gasteiger partial charge in [-0.2, -0.15) is 0 Å². The number of nitrogens with one attached hydrogen (secondary N) is 2. The summed E-state index contributed by atoms with van der Waals surface area (Å²) in [5, 5.41) is 29.9. The summed E-state index contributed by atoms with van der Waals surface area (Å²) in [6.07, 6.45) is 1.78. The van der Waals surface area contributed by atoms with Crippen LogP contribution in [0.3, 0.4) is 0 Å². The van der Waals surface area contributed by atoms with Crippen LogP contribution in [-0.4, -0.2) is 85.4 Å². The van der Waals surface area contributed by atoms with Crippen LogP contribution in [0, 0.1) is 0 Å². The lowest BCUT2D eigenvalue weighted by Gasteiger charge is -2.49. The summed E-state index contributed by atoms with van der Waals surface area (Å²) in [5.41, 5.74) is 4.43. The summed E-state index contributed by atoms with van der Waals surface area (Å²) < 4.78 is 0. The molecular weight excluding hydrogens is 512 g/mol. The summed E-state index contributed by atoms with van der Waals surface area (Å²) in [4.78, 5) is 60.5. The van der Waals surface area contributed by atoms with Crippen molar-refractivity contribution in [3.8, 4) is 0 Å². The number of β-lactam (4-membered cyclic amide) rings is 1. The van der Waals surface area contributed by atoms with Gasteiger partial charge >= 0.3 is 11.9 Å². The number of carbonyl (C=O) groups excluding carboxylic acids is 2. The SMILES string of the molecule is CCNCC1=C(C(=O)O)N2C(=O)C(NC(=O)/C(=N\OC3(C(=O)O)CCCC3)c3csc(N)n3)[C@H]2SC1. The fraction of sp³-hybridized carbons (Fsp3) is 0.524. The Kier molecular flexibility index (Phi) is 7.51. The number of carboxylic acid groups (broad SMARTS) is 2. The van der Waals surface area contributed by atoms with Gasteiger partial charge in [0, 0.05) is 30.5 Å². The molecule has 1 saturated carbocycles. The van der Waals surface area contributed by atoms with E-state index < -0.39 is 40.8 Å². The summed E-state index contributed by atoms with van der Waals surface area (Å²) in [5.74, 6) is -3.38. The van der Waals surface area contributed by atoms with Gasteiger partial charge in [0.2, 0.25) is 5.60 Å². The number of fused-ring (bicyclic) bond motifs is 1. The average Bonchev–Trinajstić information content (AvgIpc) is 3.50. The molecule has 2 atom stereocenters. The van der Waals surface area contributed by atoms with E-state index in [2.05, 4.69) is 20.8 Å². The van der Waals surface area contributed by atoms with Gasteiger partial charge < -0.3 is 31.4 Å². The number of hydrogen-bond donors (Lipinski definition) is 5. The Bertz CT molecular complexity index is 1140. The van der Waals surface area contributed by atoms with Crippen LogP contribution in [-0.2, 0) is 24.0 Å². The Morgan fingerprint density at radius 1 is 1.33 bits per heavy atom. The second-order valence-corrected chi connectivity index (χ2v) is 10.5. The lowest BCUT2D eigenvalue weighted by atomic mass is 10.0. The zero-order chi connectivity index (χ0) is 26.0. The zero-order valence-corrected chi connectivity index (χ0v) is 21.0. The third kappa shape index (κ3) is 4.77. The predicted molar refractivity (Wildman–Crippen MR) is 131 cm³/mol. The number of oxime groups is 1. The highest BCUT2D eigenvalue weighted by atomic mass is 32.2. The van der Waals surface area contributed by atoms with Crippen molar-refractivity contribution in [1.82, 2.24) is 20.5 Å². The standard InChI is InChI=1S/C21H26N6O7S2/c1-2-23-7-10-8-35-17-13(16(29)27(17)14(10)18(30)31)25-15(28)12(11-9-36-20(22)24-11)26-34-21(19(32)33)5-3-4-6-21/h9,13,17,23H,2-8H2,1H3,(H2,22,24)(H,25,28)(H,30,31)(H,32,33)/b26-12-/t13?,17-/m1/s1. The van der Waals surface area contributed by atoms with Crippen LogP contribution in [0.5, 0.6) is 0 Å². The van der Waals surface area contributed by atoms with Gasteiger partial charge in [0.05, 0.1) is 0 Å². The van der Waals surface area contributed by atoms with Gasteiger partial charge in [0.25, 0.3) is 11.8 Å². The number of thiazole rings is 1. The van der Waals surface area contributed by atoms with Crippen molar-refractivity contribution >= 4 is 57.7 Å². The van der Waals surface area contributed by atoms with Crippen LogP contribution in [0.15, 0.2) is 21.8 Å². The Balaban J connectivity index is 1.55. The molecule has 1 unspecified atom stereocenters. The van der Waals surface area contributed by atoms with Crippen molar-refractivity contribution in [3.05, 3.63) is 22.3 Å². The molecule has 1 aromatic heterocycles. The summed E-state index contributed by atoms with van der Waals surface area (Å²) in [6.45, 7) is 2.87. The van der Waals surface area contributed by atoms with Gasteiger partial charge in [0.1, 0.15) is 22.8 Å². The molecule has 0 bridgehead atoms. The first kappa shape index (κ1) is 25.9. The Labute approximate surface area is 214 Å². The third-order valence-corrected chi connectivity index (χ3v) is 8.23. The molecule has 13 nitrogen and oxygen atoms in total. The lowest BCUT2D eigenvalue weighted by molar-refractivity contribution is -0.165. The van der Waals surface area contributed by atoms with E-state index in [0.717, 1.165) is 11.3 Å². The smallest absolute Gasteiger partial charge is 0.352 e. The first-order valence-corrected chi connectivity index (χ1v) is 13.2. The number of nitrogens with zero attached hydrogens (tertiary/aromatic N) is 3. The molecule has 3 aliphatic rings. The minimum absolute atomic E-state index is 0.0764. The number of aliphatic carboxylic acids is 2. The van der Waals surface area contributed by atoms with Crippen molar-refractivity contribution in [3.63, 3.8) is 0 Å². The molecule has 36 heavy (non-hydrogen) atoms. The molecule has 1 aliphatic carbocycles. The summed E-state index contributed by atoms with van der Waals surface area (Å²) in [6, 6.07) is -1.00. The number of nitrogen functional groups attached to an aromatic ring is 1. The van der Waals surface area contributed by atoms with Gasteiger partial charge in [-0.25, -0.2) is 14.6 Å². The molecule has 2 fully saturated rings. The van der Waals surface area contributed by atoms with Crippen molar-refractivity contribution in [2.45, 2.75) is 49.6 Å². The summed E-state index contributed by atoms with van der Waals surface area (Å²) in [7, 11) is 0. The van der Waals surface area contributed by atoms with E-state index in [1.807, 2.05) is 6.92 Å². The second kappa shape index (κ2) is 10.4. The van der Waals surface area contributed by atoms with E-state index in [0.29, 0.717) is 37.3 Å². The van der Waals surface area contributed by atoms with Crippen molar-refractivity contribution in [2.75, 3.05) is 24.6 Å². The fourth-order valence-corrected chi connectivity index (χ4v) is 6.22. The molecule has 6 N–H and O–H groups in total. The first-order valence-electron chi connectivity index (χ1n) is 11.3. The van der Waals surface area contributed by atoms with Gasteiger partial charge in [-0.3, -0.25) is 14.5 Å². The maximum atomic E-state index is 13.2. The van der Waals surface area contributed by atoms with E-state index in [1.54, 1.807) is 0 Å².